The van der Waals surface area contributed by atoms with Gasteiger partial charge >= 0.3 is 0 Å². The van der Waals surface area contributed by atoms with Gasteiger partial charge in [-0.3, -0.25) is 9.11 Å². The first-order valence-electron chi connectivity index (χ1n) is 5.66. The summed E-state index contributed by atoms with van der Waals surface area (Å²) in [5.41, 5.74) is 5.40. The van der Waals surface area contributed by atoms with Gasteiger partial charge in [0.1, 0.15) is 4.90 Å². The lowest BCUT2D eigenvalue weighted by molar-refractivity contribution is 0.398. The minimum atomic E-state index is -4.03. The summed E-state index contributed by atoms with van der Waals surface area (Å²) in [6.07, 6.45) is 0. The van der Waals surface area contributed by atoms with Crippen molar-refractivity contribution >= 4 is 37.9 Å². The van der Waals surface area contributed by atoms with Crippen LogP contribution in [0.3, 0.4) is 0 Å². The molecule has 0 spiro atoms. The molecule has 1 aromatic carbocycles. The quantitative estimate of drug-likeness (QED) is 0.475. The largest absolute Gasteiger partial charge is 0.504 e. The Kier molecular flexibility index (Phi) is 4.11. The van der Waals surface area contributed by atoms with Crippen LogP contribution in [0.15, 0.2) is 17.0 Å². The molecule has 1 aromatic rings. The van der Waals surface area contributed by atoms with E-state index in [9.17, 15) is 22.6 Å². The molecule has 0 radical (unpaired) electrons. The number of phenols is 1. The second kappa shape index (κ2) is 5.24. The third kappa shape index (κ3) is 2.83. The molecule has 0 amide bonds. The molecule has 0 saturated carbocycles. The molecule has 20 heavy (non-hydrogen) atoms. The van der Waals surface area contributed by atoms with Crippen molar-refractivity contribution in [2.75, 3.05) is 30.3 Å². The number of nitrogen functional groups attached to an aromatic ring is 1. The highest BCUT2D eigenvalue weighted by molar-refractivity contribution is 8.24. The van der Waals surface area contributed by atoms with Crippen molar-refractivity contribution in [1.82, 2.24) is 4.31 Å². The van der Waals surface area contributed by atoms with Crippen LogP contribution in [0.25, 0.3) is 0 Å². The van der Waals surface area contributed by atoms with Gasteiger partial charge in [0, 0.05) is 13.1 Å². The SMILES string of the molecule is Nc1ccc(Cl)c(S(=O)(=O)N2CCS(O)(O)CC2)c1O. The van der Waals surface area contributed by atoms with Crippen LogP contribution in [-0.4, -0.2) is 51.5 Å². The number of sulfonamides is 1. The number of anilines is 1. The first-order valence-corrected chi connectivity index (χ1v) is 9.36. The first-order chi connectivity index (χ1) is 9.15. The minimum Gasteiger partial charge on any atom is -0.504 e. The minimum absolute atomic E-state index is 0.0348. The van der Waals surface area contributed by atoms with E-state index in [1.165, 1.54) is 12.1 Å². The van der Waals surface area contributed by atoms with Gasteiger partial charge in [-0.2, -0.15) is 14.9 Å². The summed E-state index contributed by atoms with van der Waals surface area (Å²) >= 11 is 5.85. The summed E-state index contributed by atoms with van der Waals surface area (Å²) in [6.45, 7) is -0.0928. The molecule has 1 fully saturated rings. The van der Waals surface area contributed by atoms with Crippen molar-refractivity contribution in [3.05, 3.63) is 17.2 Å². The van der Waals surface area contributed by atoms with E-state index in [0.29, 0.717) is 0 Å². The average Bonchev–Trinajstić information content (AvgIpc) is 2.33. The molecule has 0 bridgehead atoms. The smallest absolute Gasteiger partial charge is 0.248 e. The van der Waals surface area contributed by atoms with Gasteiger partial charge in [0.2, 0.25) is 10.0 Å². The van der Waals surface area contributed by atoms with E-state index in [-0.39, 0.29) is 35.3 Å². The van der Waals surface area contributed by atoms with Gasteiger partial charge < -0.3 is 10.8 Å². The van der Waals surface area contributed by atoms with Gasteiger partial charge in [-0.1, -0.05) is 11.6 Å². The number of halogens is 1. The van der Waals surface area contributed by atoms with E-state index in [2.05, 4.69) is 0 Å². The van der Waals surface area contributed by atoms with Crippen molar-refractivity contribution in [1.29, 1.82) is 0 Å². The maximum atomic E-state index is 12.5. The summed E-state index contributed by atoms with van der Waals surface area (Å²) in [5.74, 6) is -0.658. The second-order valence-electron chi connectivity index (χ2n) is 4.43. The second-order valence-corrected chi connectivity index (χ2v) is 9.13. The fourth-order valence-corrected chi connectivity index (χ4v) is 5.39. The highest BCUT2D eigenvalue weighted by Gasteiger charge is 2.34. The zero-order chi connectivity index (χ0) is 15.1. The standard InChI is InChI=1S/C10H15ClN2O5S2/c11-7-1-2-8(12)9(14)10(7)20(17,18)13-3-5-19(15,16)6-4-13/h1-2,14-16H,3-6,12H2. The van der Waals surface area contributed by atoms with Crippen molar-refractivity contribution in [3.8, 4) is 5.75 Å². The first kappa shape index (κ1) is 15.7. The number of aromatic hydroxyl groups is 1. The van der Waals surface area contributed by atoms with E-state index < -0.39 is 31.3 Å². The average molecular weight is 343 g/mol. The van der Waals surface area contributed by atoms with Gasteiger partial charge in [-0.15, -0.1) is 0 Å². The lowest BCUT2D eigenvalue weighted by Crippen LogP contribution is -2.42. The fraction of sp³-hybridized carbons (Fsp3) is 0.400. The van der Waals surface area contributed by atoms with E-state index in [4.69, 9.17) is 17.3 Å². The summed E-state index contributed by atoms with van der Waals surface area (Å²) in [4.78, 5) is -0.447. The number of nitrogens with zero attached hydrogens (tertiary/aromatic N) is 1. The van der Waals surface area contributed by atoms with Gasteiger partial charge in [0.15, 0.2) is 5.75 Å². The highest BCUT2D eigenvalue weighted by Crippen LogP contribution is 2.43. The Morgan fingerprint density at radius 1 is 1.25 bits per heavy atom. The summed E-state index contributed by atoms with van der Waals surface area (Å²) < 4.78 is 45.0. The van der Waals surface area contributed by atoms with E-state index in [0.717, 1.165) is 4.31 Å². The monoisotopic (exact) mass is 342 g/mol. The van der Waals surface area contributed by atoms with Crippen molar-refractivity contribution in [2.24, 2.45) is 0 Å². The van der Waals surface area contributed by atoms with Crippen LogP contribution < -0.4 is 5.73 Å². The lowest BCUT2D eigenvalue weighted by Gasteiger charge is -2.40. The van der Waals surface area contributed by atoms with Gasteiger partial charge in [-0.25, -0.2) is 8.42 Å². The summed E-state index contributed by atoms with van der Waals surface area (Å²) in [7, 11) is -6.75. The van der Waals surface area contributed by atoms with Crippen molar-refractivity contribution < 1.29 is 22.6 Å². The maximum Gasteiger partial charge on any atom is 0.248 e. The molecule has 10 heteroatoms. The molecule has 1 heterocycles. The maximum absolute atomic E-state index is 12.5. The molecule has 7 nitrogen and oxygen atoms in total. The Bertz CT molecular complexity index is 625. The van der Waals surface area contributed by atoms with Crippen LogP contribution in [0.1, 0.15) is 0 Å². The number of rotatable bonds is 2. The van der Waals surface area contributed by atoms with Crippen LogP contribution in [0.2, 0.25) is 5.02 Å². The molecule has 5 N–H and O–H groups in total. The number of hydrogen-bond donors (Lipinski definition) is 4. The predicted molar refractivity (Wildman–Crippen MR) is 78.9 cm³/mol. The third-order valence-electron chi connectivity index (χ3n) is 3.05. The Morgan fingerprint density at radius 3 is 2.35 bits per heavy atom. The molecule has 0 atom stereocenters. The van der Waals surface area contributed by atoms with Crippen LogP contribution in [-0.2, 0) is 10.0 Å². The van der Waals surface area contributed by atoms with Crippen molar-refractivity contribution in [3.63, 3.8) is 0 Å². The number of benzene rings is 1. The molecule has 1 saturated heterocycles. The van der Waals surface area contributed by atoms with Gasteiger partial charge in [0.05, 0.1) is 22.2 Å². The zero-order valence-electron chi connectivity index (χ0n) is 10.4. The fourth-order valence-electron chi connectivity index (χ4n) is 1.89. The Balaban J connectivity index is 2.40. The van der Waals surface area contributed by atoms with Gasteiger partial charge in [-0.05, 0) is 12.1 Å². The molecular formula is C10H15ClN2O5S2. The Labute approximate surface area is 123 Å². The number of phenolic OH excluding ortho intramolecular Hbond substituents is 1. The van der Waals surface area contributed by atoms with E-state index in [1.54, 1.807) is 0 Å². The van der Waals surface area contributed by atoms with Crippen LogP contribution in [0, 0.1) is 0 Å². The van der Waals surface area contributed by atoms with E-state index >= 15 is 0 Å². The normalized spacial score (nSPS) is 21.6. The number of nitrogens with two attached hydrogens (primary N) is 1. The zero-order valence-corrected chi connectivity index (χ0v) is 12.7. The third-order valence-corrected chi connectivity index (χ3v) is 7.12. The van der Waals surface area contributed by atoms with E-state index in [1.807, 2.05) is 0 Å². The topological polar surface area (TPSA) is 124 Å². The Hall–Kier alpha value is -0.710. The lowest BCUT2D eigenvalue weighted by atomic mass is 10.3. The highest BCUT2D eigenvalue weighted by atomic mass is 35.5. The molecule has 1 aliphatic rings. The molecular weight excluding hydrogens is 328 g/mol. The molecule has 114 valence electrons. The van der Waals surface area contributed by atoms with Gasteiger partial charge in [0.25, 0.3) is 0 Å². The van der Waals surface area contributed by atoms with Crippen LogP contribution >= 0.6 is 22.2 Å². The van der Waals surface area contributed by atoms with Crippen LogP contribution in [0.5, 0.6) is 5.75 Å². The number of hydrogen-bond acceptors (Lipinski definition) is 6. The summed E-state index contributed by atoms with van der Waals surface area (Å²) in [6, 6.07) is 2.60. The molecule has 1 aliphatic heterocycles. The van der Waals surface area contributed by atoms with Crippen LogP contribution in [0.4, 0.5) is 5.69 Å². The summed E-state index contributed by atoms with van der Waals surface area (Å²) in [5, 5.41) is 9.71. The molecule has 0 unspecified atom stereocenters. The molecule has 2 rings (SSSR count). The Morgan fingerprint density at radius 2 is 1.80 bits per heavy atom. The molecule has 0 aromatic heterocycles. The molecule has 0 aliphatic carbocycles. The van der Waals surface area contributed by atoms with Crippen molar-refractivity contribution in [2.45, 2.75) is 4.90 Å². The predicted octanol–water partition coefficient (Wildman–Crippen LogP) is 1.38.